The van der Waals surface area contributed by atoms with E-state index in [-0.39, 0.29) is 0 Å². The first-order valence-corrected chi connectivity index (χ1v) is 9.88. The van der Waals surface area contributed by atoms with Crippen molar-refractivity contribution in [3.8, 4) is 0 Å². The molecule has 1 aliphatic heterocycles. The maximum Gasteiger partial charge on any atom is 0.0642 e. The molecule has 3 fully saturated rings. The van der Waals surface area contributed by atoms with E-state index < -0.39 is 0 Å². The van der Waals surface area contributed by atoms with Gasteiger partial charge in [-0.3, -0.25) is 0 Å². The van der Waals surface area contributed by atoms with Crippen molar-refractivity contribution < 1.29 is 4.74 Å². The summed E-state index contributed by atoms with van der Waals surface area (Å²) in [6.07, 6.45) is 20.3. The Morgan fingerprint density at radius 3 is 2.05 bits per heavy atom. The topological polar surface area (TPSA) is 12.5 Å². The second-order valence-electron chi connectivity index (χ2n) is 8.39. The highest BCUT2D eigenvalue weighted by Gasteiger charge is 2.46. The molecular formula is C20H33NO. The predicted octanol–water partition coefficient (Wildman–Crippen LogP) is 4.90. The van der Waals surface area contributed by atoms with Gasteiger partial charge >= 0.3 is 0 Å². The van der Waals surface area contributed by atoms with E-state index in [1.165, 1.54) is 77.0 Å². The van der Waals surface area contributed by atoms with Crippen molar-refractivity contribution >= 4 is 0 Å². The molecule has 2 nitrogen and oxygen atoms in total. The quantitative estimate of drug-likeness (QED) is 0.683. The maximum absolute atomic E-state index is 5.63. The highest BCUT2D eigenvalue weighted by molar-refractivity contribution is 5.23. The smallest absolute Gasteiger partial charge is 0.0642 e. The first-order chi connectivity index (χ1) is 10.8. The number of hydrogen-bond donors (Lipinski definition) is 0. The highest BCUT2D eigenvalue weighted by atomic mass is 16.5. The van der Waals surface area contributed by atoms with Crippen LogP contribution in [0.5, 0.6) is 0 Å². The summed E-state index contributed by atoms with van der Waals surface area (Å²) in [6.45, 7) is 4.12. The van der Waals surface area contributed by atoms with Crippen LogP contribution in [0, 0.1) is 10.8 Å². The second-order valence-corrected chi connectivity index (χ2v) is 8.39. The van der Waals surface area contributed by atoms with Gasteiger partial charge in [-0.1, -0.05) is 44.6 Å². The lowest BCUT2D eigenvalue weighted by molar-refractivity contribution is 0.0220. The van der Waals surface area contributed by atoms with Gasteiger partial charge < -0.3 is 9.64 Å². The molecule has 0 atom stereocenters. The lowest BCUT2D eigenvalue weighted by Gasteiger charge is -2.52. The van der Waals surface area contributed by atoms with Crippen molar-refractivity contribution in [1.29, 1.82) is 0 Å². The molecule has 0 aromatic rings. The van der Waals surface area contributed by atoms with Crippen LogP contribution in [-0.4, -0.2) is 31.2 Å². The van der Waals surface area contributed by atoms with E-state index in [0.29, 0.717) is 10.8 Å². The van der Waals surface area contributed by atoms with Gasteiger partial charge in [0.1, 0.15) is 0 Å². The third kappa shape index (κ3) is 2.72. The Hall–Kier alpha value is -0.500. The van der Waals surface area contributed by atoms with Gasteiger partial charge in [0, 0.05) is 24.2 Å². The van der Waals surface area contributed by atoms with E-state index in [9.17, 15) is 0 Å². The molecule has 0 N–H and O–H groups in total. The highest BCUT2D eigenvalue weighted by Crippen LogP contribution is 2.56. The molecule has 1 heterocycles. The van der Waals surface area contributed by atoms with Gasteiger partial charge in [-0.2, -0.15) is 0 Å². The molecule has 0 radical (unpaired) electrons. The zero-order valence-electron chi connectivity index (χ0n) is 14.2. The molecule has 0 amide bonds. The normalized spacial score (nSPS) is 31.3. The molecule has 2 saturated carbocycles. The lowest BCUT2D eigenvalue weighted by atomic mass is 9.58. The van der Waals surface area contributed by atoms with Gasteiger partial charge in [-0.25, -0.2) is 0 Å². The largest absolute Gasteiger partial charge is 0.378 e. The minimum Gasteiger partial charge on any atom is -0.378 e. The number of allylic oxidation sites excluding steroid dienone is 2. The Morgan fingerprint density at radius 1 is 0.727 bits per heavy atom. The van der Waals surface area contributed by atoms with E-state index in [1.54, 1.807) is 5.70 Å². The van der Waals surface area contributed by atoms with Gasteiger partial charge in [0.2, 0.25) is 0 Å². The fraction of sp³-hybridized carbons (Fsp3) is 0.900. The number of nitrogens with zero attached hydrogens (tertiary/aromatic N) is 1. The summed E-state index contributed by atoms with van der Waals surface area (Å²) in [6, 6.07) is 0. The molecule has 0 bridgehead atoms. The Labute approximate surface area is 136 Å². The van der Waals surface area contributed by atoms with Gasteiger partial charge in [-0.05, 0) is 43.9 Å². The Morgan fingerprint density at radius 2 is 1.36 bits per heavy atom. The summed E-state index contributed by atoms with van der Waals surface area (Å²) in [5.74, 6) is 0. The summed E-state index contributed by atoms with van der Waals surface area (Å²) in [4.78, 5) is 2.73. The molecule has 1 saturated heterocycles. The molecule has 2 spiro atoms. The van der Waals surface area contributed by atoms with Crippen LogP contribution < -0.4 is 0 Å². The van der Waals surface area contributed by atoms with E-state index in [2.05, 4.69) is 11.0 Å². The Balaban J connectivity index is 1.66. The molecule has 3 aliphatic carbocycles. The Kier molecular flexibility index (Phi) is 4.23. The minimum atomic E-state index is 0.540. The Bertz CT molecular complexity index is 409. The number of hydrogen-bond acceptors (Lipinski definition) is 2. The van der Waals surface area contributed by atoms with Crippen molar-refractivity contribution in [2.75, 3.05) is 26.3 Å². The zero-order valence-corrected chi connectivity index (χ0v) is 14.2. The van der Waals surface area contributed by atoms with Crippen molar-refractivity contribution in [1.82, 2.24) is 4.90 Å². The summed E-state index contributed by atoms with van der Waals surface area (Å²) in [5.41, 5.74) is 2.87. The van der Waals surface area contributed by atoms with Crippen LogP contribution in [0.2, 0.25) is 0 Å². The van der Waals surface area contributed by atoms with Crippen molar-refractivity contribution in [3.05, 3.63) is 11.8 Å². The molecule has 4 rings (SSSR count). The molecule has 22 heavy (non-hydrogen) atoms. The average Bonchev–Trinajstić information content (AvgIpc) is 2.60. The van der Waals surface area contributed by atoms with Crippen LogP contribution in [0.3, 0.4) is 0 Å². The van der Waals surface area contributed by atoms with Crippen molar-refractivity contribution in [3.63, 3.8) is 0 Å². The SMILES string of the molecule is C1=C(N2CCOCC2)C2(CCCCC2)CCC12CCCCC2. The molecule has 0 unspecified atom stereocenters. The molecule has 2 heteroatoms. The number of rotatable bonds is 1. The first kappa shape index (κ1) is 15.1. The van der Waals surface area contributed by atoms with E-state index in [1.807, 2.05) is 0 Å². The summed E-state index contributed by atoms with van der Waals surface area (Å²) >= 11 is 0. The molecule has 4 aliphatic rings. The van der Waals surface area contributed by atoms with Gasteiger partial charge in [0.25, 0.3) is 0 Å². The van der Waals surface area contributed by atoms with Crippen LogP contribution in [0.1, 0.15) is 77.0 Å². The van der Waals surface area contributed by atoms with Crippen LogP contribution in [0.4, 0.5) is 0 Å². The van der Waals surface area contributed by atoms with Gasteiger partial charge in [0.15, 0.2) is 0 Å². The third-order valence-electron chi connectivity index (χ3n) is 7.10. The zero-order chi connectivity index (χ0) is 14.9. The third-order valence-corrected chi connectivity index (χ3v) is 7.10. The van der Waals surface area contributed by atoms with Crippen LogP contribution in [-0.2, 0) is 4.74 Å². The fourth-order valence-electron chi connectivity index (χ4n) is 5.75. The van der Waals surface area contributed by atoms with E-state index in [0.717, 1.165) is 26.3 Å². The molecular weight excluding hydrogens is 270 g/mol. The number of morpholine rings is 1. The van der Waals surface area contributed by atoms with E-state index >= 15 is 0 Å². The van der Waals surface area contributed by atoms with Crippen molar-refractivity contribution in [2.45, 2.75) is 77.0 Å². The summed E-state index contributed by atoms with van der Waals surface area (Å²) in [7, 11) is 0. The van der Waals surface area contributed by atoms with Crippen LogP contribution in [0.15, 0.2) is 11.8 Å². The summed E-state index contributed by atoms with van der Waals surface area (Å²) in [5, 5.41) is 0. The monoisotopic (exact) mass is 303 g/mol. The van der Waals surface area contributed by atoms with Crippen molar-refractivity contribution in [2.24, 2.45) is 10.8 Å². The summed E-state index contributed by atoms with van der Waals surface area (Å²) < 4.78 is 5.63. The number of ether oxygens (including phenoxy) is 1. The lowest BCUT2D eigenvalue weighted by Crippen LogP contribution is -2.46. The van der Waals surface area contributed by atoms with Gasteiger partial charge in [0.05, 0.1) is 13.2 Å². The standard InChI is InChI=1S/C20H33NO/c1-3-7-19(8-4-1)11-12-20(9-5-2-6-10-20)18(17-19)21-13-15-22-16-14-21/h17H,1-16H2. The molecule has 0 aromatic carbocycles. The molecule has 0 aromatic heterocycles. The second kappa shape index (κ2) is 6.19. The average molecular weight is 303 g/mol. The predicted molar refractivity (Wildman–Crippen MR) is 90.7 cm³/mol. The van der Waals surface area contributed by atoms with Crippen LogP contribution in [0.25, 0.3) is 0 Å². The first-order valence-electron chi connectivity index (χ1n) is 9.88. The molecule has 124 valence electrons. The fourth-order valence-corrected chi connectivity index (χ4v) is 5.75. The minimum absolute atomic E-state index is 0.540. The van der Waals surface area contributed by atoms with Crippen LogP contribution >= 0.6 is 0 Å². The maximum atomic E-state index is 5.63. The van der Waals surface area contributed by atoms with Gasteiger partial charge in [-0.15, -0.1) is 0 Å². The van der Waals surface area contributed by atoms with E-state index in [4.69, 9.17) is 4.74 Å².